The third-order valence-corrected chi connectivity index (χ3v) is 4.63. The number of hydrogen-bond donors (Lipinski definition) is 0. The summed E-state index contributed by atoms with van der Waals surface area (Å²) in [4.78, 5) is 2.74. The van der Waals surface area contributed by atoms with Crippen LogP contribution < -0.4 is 0 Å². The molecule has 0 bridgehead atoms. The first-order valence-corrected chi connectivity index (χ1v) is 7.15. The molecule has 2 aliphatic heterocycles. The number of rotatable bonds is 1. The molecule has 2 fully saturated rings. The Bertz CT molecular complexity index is 365. The quantitative estimate of drug-likeness (QED) is 0.734. The summed E-state index contributed by atoms with van der Waals surface area (Å²) < 4.78 is 1.18. The van der Waals surface area contributed by atoms with Crippen molar-refractivity contribution in [2.24, 2.45) is 0 Å². The lowest BCUT2D eigenvalue weighted by molar-refractivity contribution is 0.150. The number of hydrogen-bond acceptors (Lipinski definition) is 1. The first kappa shape index (κ1) is 13.4. The smallest absolute Gasteiger partial charge is 0.0351 e. The summed E-state index contributed by atoms with van der Waals surface area (Å²) in [5, 5.41) is 0. The Kier molecular flexibility index (Phi) is 4.51. The highest BCUT2D eigenvalue weighted by Gasteiger charge is 2.35. The van der Waals surface area contributed by atoms with E-state index in [-0.39, 0.29) is 12.4 Å². The molecular formula is C14H19BrClN. The maximum absolute atomic E-state index is 3.51. The molecule has 1 nitrogen and oxygen atoms in total. The van der Waals surface area contributed by atoms with Gasteiger partial charge in [-0.3, -0.25) is 4.90 Å². The monoisotopic (exact) mass is 315 g/mol. The fourth-order valence-corrected chi connectivity index (χ4v) is 3.57. The van der Waals surface area contributed by atoms with Crippen molar-refractivity contribution in [1.82, 2.24) is 4.90 Å². The van der Waals surface area contributed by atoms with Crippen molar-refractivity contribution in [2.45, 2.75) is 44.2 Å². The Labute approximate surface area is 118 Å². The Balaban J connectivity index is 0.00000108. The highest BCUT2D eigenvalue weighted by molar-refractivity contribution is 9.10. The van der Waals surface area contributed by atoms with Crippen LogP contribution in [0.15, 0.2) is 28.7 Å². The van der Waals surface area contributed by atoms with E-state index >= 15 is 0 Å². The molecule has 2 saturated heterocycles. The van der Waals surface area contributed by atoms with Gasteiger partial charge >= 0.3 is 0 Å². The largest absolute Gasteiger partial charge is 0.293 e. The average molecular weight is 317 g/mol. The van der Waals surface area contributed by atoms with Crippen molar-refractivity contribution in [2.75, 3.05) is 6.54 Å². The zero-order chi connectivity index (χ0) is 11.0. The van der Waals surface area contributed by atoms with Crippen LogP contribution in [0.5, 0.6) is 0 Å². The molecule has 0 N–H and O–H groups in total. The summed E-state index contributed by atoms with van der Waals surface area (Å²) in [6, 6.07) is 10.5. The minimum absolute atomic E-state index is 0. The van der Waals surface area contributed by atoms with Crippen LogP contribution >= 0.6 is 28.3 Å². The van der Waals surface area contributed by atoms with Gasteiger partial charge in [-0.15, -0.1) is 12.4 Å². The van der Waals surface area contributed by atoms with Gasteiger partial charge in [0.25, 0.3) is 0 Å². The second-order valence-electron chi connectivity index (χ2n) is 5.03. The number of fused-ring (bicyclic) bond motifs is 1. The molecule has 94 valence electrons. The van der Waals surface area contributed by atoms with Crippen molar-refractivity contribution < 1.29 is 0 Å². The maximum atomic E-state index is 3.51. The van der Waals surface area contributed by atoms with E-state index in [9.17, 15) is 0 Å². The molecule has 0 amide bonds. The van der Waals surface area contributed by atoms with Gasteiger partial charge in [0.05, 0.1) is 0 Å². The van der Waals surface area contributed by atoms with Crippen LogP contribution in [0.25, 0.3) is 0 Å². The first-order chi connectivity index (χ1) is 7.84. The summed E-state index contributed by atoms with van der Waals surface area (Å²) in [6.45, 7) is 1.31. The van der Waals surface area contributed by atoms with Gasteiger partial charge in [0, 0.05) is 16.6 Å². The van der Waals surface area contributed by atoms with Crippen LogP contribution in [0.1, 0.15) is 43.7 Å². The van der Waals surface area contributed by atoms with E-state index in [1.165, 1.54) is 48.7 Å². The molecule has 3 heteroatoms. The summed E-state index contributed by atoms with van der Waals surface area (Å²) in [5.74, 6) is 0. The standard InChI is InChI=1S/C14H18BrN.ClH/c15-12-6-4-11(5-7-12)14-9-8-13-3-1-2-10-16(13)14;/h4-7,13-14H,1-3,8-10H2;1H/t13-,14-;/m0./s1. The molecule has 2 aliphatic rings. The topological polar surface area (TPSA) is 3.24 Å². The second-order valence-corrected chi connectivity index (χ2v) is 5.95. The van der Waals surface area contributed by atoms with E-state index in [0.29, 0.717) is 6.04 Å². The molecule has 0 radical (unpaired) electrons. The van der Waals surface area contributed by atoms with Crippen LogP contribution in [0, 0.1) is 0 Å². The lowest BCUT2D eigenvalue weighted by atomic mass is 10.0. The molecule has 0 saturated carbocycles. The Morgan fingerprint density at radius 3 is 2.53 bits per heavy atom. The first-order valence-electron chi connectivity index (χ1n) is 6.36. The number of benzene rings is 1. The molecule has 0 unspecified atom stereocenters. The molecule has 0 aliphatic carbocycles. The average Bonchev–Trinajstić information content (AvgIpc) is 2.74. The van der Waals surface area contributed by atoms with Gasteiger partial charge in [-0.05, 0) is 49.9 Å². The highest BCUT2D eigenvalue weighted by atomic mass is 79.9. The number of halogens is 2. The molecule has 17 heavy (non-hydrogen) atoms. The van der Waals surface area contributed by atoms with Gasteiger partial charge < -0.3 is 0 Å². The van der Waals surface area contributed by atoms with Crippen LogP contribution in [0.4, 0.5) is 0 Å². The Morgan fingerprint density at radius 1 is 1.00 bits per heavy atom. The zero-order valence-corrected chi connectivity index (χ0v) is 12.3. The molecule has 3 rings (SSSR count). The SMILES string of the molecule is Brc1ccc([C@@H]2CC[C@@H]3CCCCN32)cc1.Cl. The maximum Gasteiger partial charge on any atom is 0.0351 e. The van der Waals surface area contributed by atoms with Gasteiger partial charge in [-0.1, -0.05) is 34.5 Å². The lowest BCUT2D eigenvalue weighted by Gasteiger charge is -2.34. The third kappa shape index (κ3) is 2.69. The third-order valence-electron chi connectivity index (χ3n) is 4.10. The van der Waals surface area contributed by atoms with Crippen LogP contribution in [-0.4, -0.2) is 17.5 Å². The van der Waals surface area contributed by atoms with E-state index < -0.39 is 0 Å². The minimum Gasteiger partial charge on any atom is -0.293 e. The normalized spacial score (nSPS) is 28.5. The van der Waals surface area contributed by atoms with Crippen LogP contribution in [0.2, 0.25) is 0 Å². The van der Waals surface area contributed by atoms with Crippen LogP contribution in [0.3, 0.4) is 0 Å². The summed E-state index contributed by atoms with van der Waals surface area (Å²) >= 11 is 3.51. The van der Waals surface area contributed by atoms with Crippen molar-refractivity contribution in [3.05, 3.63) is 34.3 Å². The second kappa shape index (κ2) is 5.73. The molecule has 0 aromatic heterocycles. The Hall–Kier alpha value is -0.0500. The summed E-state index contributed by atoms with van der Waals surface area (Å²) in [5.41, 5.74) is 1.51. The van der Waals surface area contributed by atoms with E-state index in [0.717, 1.165) is 6.04 Å². The zero-order valence-electron chi connectivity index (χ0n) is 9.94. The molecular weight excluding hydrogens is 298 g/mol. The fraction of sp³-hybridized carbons (Fsp3) is 0.571. The Morgan fingerprint density at radius 2 is 1.76 bits per heavy atom. The van der Waals surface area contributed by atoms with Gasteiger partial charge in [-0.25, -0.2) is 0 Å². The molecule has 1 aromatic rings. The lowest BCUT2D eigenvalue weighted by Crippen LogP contribution is -2.35. The predicted octanol–water partition coefficient (Wildman–Crippen LogP) is 4.56. The minimum atomic E-state index is 0. The number of nitrogens with zero attached hydrogens (tertiary/aromatic N) is 1. The molecule has 1 aromatic carbocycles. The van der Waals surface area contributed by atoms with Crippen molar-refractivity contribution in [3.63, 3.8) is 0 Å². The molecule has 2 atom stereocenters. The van der Waals surface area contributed by atoms with E-state index in [4.69, 9.17) is 0 Å². The highest BCUT2D eigenvalue weighted by Crippen LogP contribution is 2.40. The van der Waals surface area contributed by atoms with Crippen molar-refractivity contribution >= 4 is 28.3 Å². The van der Waals surface area contributed by atoms with E-state index in [1.54, 1.807) is 0 Å². The van der Waals surface area contributed by atoms with Crippen molar-refractivity contribution in [3.8, 4) is 0 Å². The van der Waals surface area contributed by atoms with Gasteiger partial charge in [-0.2, -0.15) is 0 Å². The predicted molar refractivity (Wildman–Crippen MR) is 77.7 cm³/mol. The van der Waals surface area contributed by atoms with Gasteiger partial charge in [0.2, 0.25) is 0 Å². The molecule has 2 heterocycles. The van der Waals surface area contributed by atoms with Gasteiger partial charge in [0.1, 0.15) is 0 Å². The van der Waals surface area contributed by atoms with E-state index in [2.05, 4.69) is 45.1 Å². The fourth-order valence-electron chi connectivity index (χ4n) is 3.30. The molecule has 0 spiro atoms. The van der Waals surface area contributed by atoms with E-state index in [1.807, 2.05) is 0 Å². The van der Waals surface area contributed by atoms with Crippen molar-refractivity contribution in [1.29, 1.82) is 0 Å². The van der Waals surface area contributed by atoms with Gasteiger partial charge in [0.15, 0.2) is 0 Å². The number of piperidine rings is 1. The summed E-state index contributed by atoms with van der Waals surface area (Å²) in [6.07, 6.45) is 7.01. The van der Waals surface area contributed by atoms with Crippen LogP contribution in [-0.2, 0) is 0 Å². The summed E-state index contributed by atoms with van der Waals surface area (Å²) in [7, 11) is 0.